The van der Waals surface area contributed by atoms with Gasteiger partial charge in [0.15, 0.2) is 18.5 Å². The van der Waals surface area contributed by atoms with Gasteiger partial charge >= 0.3 is 6.18 Å². The van der Waals surface area contributed by atoms with Crippen LogP contribution in [-0.2, 0) is 0 Å². The van der Waals surface area contributed by atoms with Gasteiger partial charge in [-0.1, -0.05) is 0 Å². The molecule has 15 heavy (non-hydrogen) atoms. The van der Waals surface area contributed by atoms with Gasteiger partial charge in [0, 0.05) is 0 Å². The molecule has 1 aliphatic rings. The first-order valence-corrected chi connectivity index (χ1v) is 3.95. The standard InChI is InChI=1S/C7H6F8/c8-2-1(7(13,14)15)3(9)5(11)6(12)4(2)10/h1-6H. The molecule has 0 aromatic heterocycles. The van der Waals surface area contributed by atoms with E-state index >= 15 is 0 Å². The van der Waals surface area contributed by atoms with Gasteiger partial charge in [-0.3, -0.25) is 0 Å². The Labute approximate surface area is 79.2 Å². The van der Waals surface area contributed by atoms with Gasteiger partial charge in [0.2, 0.25) is 0 Å². The van der Waals surface area contributed by atoms with Crippen LogP contribution >= 0.6 is 0 Å². The zero-order valence-electron chi connectivity index (χ0n) is 6.99. The van der Waals surface area contributed by atoms with Crippen LogP contribution in [0.1, 0.15) is 0 Å². The van der Waals surface area contributed by atoms with Gasteiger partial charge in [0.1, 0.15) is 18.3 Å². The van der Waals surface area contributed by atoms with Crippen LogP contribution in [0, 0.1) is 5.92 Å². The highest BCUT2D eigenvalue weighted by atomic mass is 19.4. The van der Waals surface area contributed by atoms with Gasteiger partial charge in [-0.25, -0.2) is 22.0 Å². The smallest absolute Gasteiger partial charge is 0.243 e. The van der Waals surface area contributed by atoms with E-state index in [0.717, 1.165) is 0 Å². The van der Waals surface area contributed by atoms with Crippen LogP contribution < -0.4 is 0 Å². The second kappa shape index (κ2) is 3.79. The molecule has 4 atom stereocenters. The molecule has 0 N–H and O–H groups in total. The third-order valence-corrected chi connectivity index (χ3v) is 2.28. The Kier molecular flexibility index (Phi) is 3.16. The molecule has 1 rings (SSSR count). The highest BCUT2D eigenvalue weighted by molar-refractivity contribution is 5.01. The quantitative estimate of drug-likeness (QED) is 0.573. The molecule has 0 nitrogen and oxygen atoms in total. The first kappa shape index (κ1) is 12.5. The van der Waals surface area contributed by atoms with Crippen molar-refractivity contribution in [1.29, 1.82) is 0 Å². The molecule has 1 aliphatic carbocycles. The Morgan fingerprint density at radius 1 is 0.533 bits per heavy atom. The summed E-state index contributed by atoms with van der Waals surface area (Å²) in [4.78, 5) is 0. The fourth-order valence-corrected chi connectivity index (χ4v) is 1.46. The lowest BCUT2D eigenvalue weighted by Gasteiger charge is -2.36. The van der Waals surface area contributed by atoms with E-state index in [0.29, 0.717) is 0 Å². The minimum absolute atomic E-state index is 3.20. The molecule has 0 radical (unpaired) electrons. The third kappa shape index (κ3) is 2.03. The lowest BCUT2D eigenvalue weighted by molar-refractivity contribution is -0.241. The Morgan fingerprint density at radius 3 is 1.07 bits per heavy atom. The van der Waals surface area contributed by atoms with Crippen molar-refractivity contribution in [2.45, 2.75) is 37.0 Å². The number of hydrogen-bond donors (Lipinski definition) is 0. The van der Waals surface area contributed by atoms with Gasteiger partial charge in [0.25, 0.3) is 0 Å². The van der Waals surface area contributed by atoms with Crippen molar-refractivity contribution >= 4 is 0 Å². The van der Waals surface area contributed by atoms with E-state index in [9.17, 15) is 35.1 Å². The van der Waals surface area contributed by atoms with Gasteiger partial charge < -0.3 is 0 Å². The summed E-state index contributed by atoms with van der Waals surface area (Å²) in [5.41, 5.74) is 0. The van der Waals surface area contributed by atoms with Gasteiger partial charge in [-0.05, 0) is 0 Å². The average Bonchev–Trinajstić information content (AvgIpc) is 2.09. The molecule has 0 heterocycles. The van der Waals surface area contributed by atoms with Crippen molar-refractivity contribution in [2.24, 2.45) is 5.92 Å². The summed E-state index contributed by atoms with van der Waals surface area (Å²) in [5, 5.41) is 0. The van der Waals surface area contributed by atoms with Crippen molar-refractivity contribution < 1.29 is 35.1 Å². The Morgan fingerprint density at radius 2 is 0.800 bits per heavy atom. The molecular formula is C7H6F8. The Bertz CT molecular complexity index is 210. The number of alkyl halides is 8. The summed E-state index contributed by atoms with van der Waals surface area (Å²) in [6.07, 6.45) is -22.1. The molecule has 1 fully saturated rings. The van der Waals surface area contributed by atoms with Crippen LogP contribution in [0.3, 0.4) is 0 Å². The van der Waals surface area contributed by atoms with Crippen LogP contribution in [0.2, 0.25) is 0 Å². The minimum atomic E-state index is -5.44. The molecule has 4 unspecified atom stereocenters. The van der Waals surface area contributed by atoms with Crippen molar-refractivity contribution in [3.05, 3.63) is 0 Å². The van der Waals surface area contributed by atoms with Crippen LogP contribution in [0.15, 0.2) is 0 Å². The van der Waals surface area contributed by atoms with E-state index in [1.54, 1.807) is 0 Å². The first-order valence-electron chi connectivity index (χ1n) is 3.95. The summed E-state index contributed by atoms with van der Waals surface area (Å²) in [7, 11) is 0. The second-order valence-electron chi connectivity index (χ2n) is 3.29. The molecule has 0 saturated heterocycles. The van der Waals surface area contributed by atoms with E-state index in [1.165, 1.54) is 0 Å². The van der Waals surface area contributed by atoms with E-state index < -0.39 is 43.0 Å². The van der Waals surface area contributed by atoms with Crippen molar-refractivity contribution in [2.75, 3.05) is 0 Å². The van der Waals surface area contributed by atoms with Crippen molar-refractivity contribution in [1.82, 2.24) is 0 Å². The summed E-state index contributed by atoms with van der Waals surface area (Å²) in [6, 6.07) is 0. The highest BCUT2D eigenvalue weighted by Crippen LogP contribution is 2.44. The highest BCUT2D eigenvalue weighted by Gasteiger charge is 2.62. The number of halogens is 8. The molecule has 8 heteroatoms. The second-order valence-corrected chi connectivity index (χ2v) is 3.29. The molecule has 0 aliphatic heterocycles. The zero-order chi connectivity index (χ0) is 12.0. The van der Waals surface area contributed by atoms with E-state index in [1.807, 2.05) is 0 Å². The monoisotopic (exact) mass is 242 g/mol. The van der Waals surface area contributed by atoms with Crippen molar-refractivity contribution in [3.63, 3.8) is 0 Å². The molecule has 0 spiro atoms. The normalized spacial score (nSPS) is 48.0. The number of hydrogen-bond acceptors (Lipinski definition) is 0. The maximum Gasteiger partial charge on any atom is 0.397 e. The maximum absolute atomic E-state index is 12.7. The topological polar surface area (TPSA) is 0 Å². The fraction of sp³-hybridized carbons (Fsp3) is 1.00. The maximum atomic E-state index is 12.7. The average molecular weight is 242 g/mol. The van der Waals surface area contributed by atoms with Crippen LogP contribution in [0.5, 0.6) is 0 Å². The first-order chi connectivity index (χ1) is 6.68. The van der Waals surface area contributed by atoms with Crippen LogP contribution in [0.4, 0.5) is 35.1 Å². The largest absolute Gasteiger partial charge is 0.397 e. The summed E-state index contributed by atoms with van der Waals surface area (Å²) >= 11 is 0. The molecule has 0 aromatic rings. The van der Waals surface area contributed by atoms with Gasteiger partial charge in [-0.2, -0.15) is 13.2 Å². The Hall–Kier alpha value is -0.560. The SMILES string of the molecule is FC1C(F)C(F)C(C(F)(F)F)C(F)C1F. The predicted octanol–water partition coefficient (Wildman–Crippen LogP) is 2.87. The van der Waals surface area contributed by atoms with Crippen LogP contribution in [0.25, 0.3) is 0 Å². The molecule has 90 valence electrons. The van der Waals surface area contributed by atoms with Gasteiger partial charge in [0.05, 0.1) is 0 Å². The summed E-state index contributed by atoms with van der Waals surface area (Å²) in [6.45, 7) is 0. The summed E-state index contributed by atoms with van der Waals surface area (Å²) in [5.74, 6) is -3.45. The molecule has 1 saturated carbocycles. The lowest BCUT2D eigenvalue weighted by atomic mass is 9.82. The van der Waals surface area contributed by atoms with Crippen molar-refractivity contribution in [3.8, 4) is 0 Å². The lowest BCUT2D eigenvalue weighted by Crippen LogP contribution is -2.57. The predicted molar refractivity (Wildman–Crippen MR) is 34.0 cm³/mol. The molecule has 0 aromatic carbocycles. The molecule has 0 bridgehead atoms. The zero-order valence-corrected chi connectivity index (χ0v) is 6.99. The summed E-state index contributed by atoms with van der Waals surface area (Å²) < 4.78 is 98.8. The van der Waals surface area contributed by atoms with E-state index in [4.69, 9.17) is 0 Å². The van der Waals surface area contributed by atoms with E-state index in [2.05, 4.69) is 0 Å². The fourth-order valence-electron chi connectivity index (χ4n) is 1.46. The number of rotatable bonds is 0. The molecular weight excluding hydrogens is 236 g/mol. The van der Waals surface area contributed by atoms with E-state index in [-0.39, 0.29) is 0 Å². The third-order valence-electron chi connectivity index (χ3n) is 2.28. The Balaban J connectivity index is 2.97. The van der Waals surface area contributed by atoms with Crippen LogP contribution in [-0.4, -0.2) is 37.0 Å². The minimum Gasteiger partial charge on any atom is -0.243 e. The molecule has 0 amide bonds. The van der Waals surface area contributed by atoms with Gasteiger partial charge in [-0.15, -0.1) is 0 Å².